The molecule has 2 aromatic carbocycles. The molecule has 0 radical (unpaired) electrons. The fourth-order valence-electron chi connectivity index (χ4n) is 3.36. The van der Waals surface area contributed by atoms with Gasteiger partial charge in [-0.1, -0.05) is 73.1 Å². The van der Waals surface area contributed by atoms with E-state index in [2.05, 4.69) is 12.2 Å². The molecule has 5 nitrogen and oxygen atoms in total. The average molecular weight is 452 g/mol. The molecule has 2 aromatic heterocycles. The van der Waals surface area contributed by atoms with Crippen LogP contribution in [0.15, 0.2) is 58.5 Å². The van der Waals surface area contributed by atoms with Crippen molar-refractivity contribution in [2.45, 2.75) is 44.9 Å². The van der Waals surface area contributed by atoms with Crippen LogP contribution in [0.4, 0.5) is 0 Å². The number of nitrogens with zero attached hydrogens (tertiary/aromatic N) is 2. The van der Waals surface area contributed by atoms with E-state index in [9.17, 15) is 9.59 Å². The molecule has 0 spiro atoms. The zero-order chi connectivity index (χ0) is 21.8. The van der Waals surface area contributed by atoms with Crippen LogP contribution >= 0.6 is 23.1 Å². The number of benzene rings is 2. The molecule has 0 saturated heterocycles. The van der Waals surface area contributed by atoms with Crippen LogP contribution in [0.1, 0.15) is 30.9 Å². The molecule has 0 aliphatic rings. The van der Waals surface area contributed by atoms with E-state index in [4.69, 9.17) is 4.98 Å². The van der Waals surface area contributed by atoms with Gasteiger partial charge < -0.3 is 5.32 Å². The Labute approximate surface area is 189 Å². The lowest BCUT2D eigenvalue weighted by Gasteiger charge is -2.12. The molecule has 0 aliphatic carbocycles. The molecule has 160 valence electrons. The predicted octanol–water partition coefficient (Wildman–Crippen LogP) is 5.13. The minimum absolute atomic E-state index is 0.0118. The molecule has 0 aliphatic heterocycles. The normalized spacial score (nSPS) is 11.3. The summed E-state index contributed by atoms with van der Waals surface area (Å²) in [5, 5.41) is 4.56. The summed E-state index contributed by atoms with van der Waals surface area (Å²) in [4.78, 5) is 30.5. The van der Waals surface area contributed by atoms with Gasteiger partial charge in [-0.05, 0) is 25.0 Å². The second-order valence-corrected chi connectivity index (χ2v) is 9.53. The predicted molar refractivity (Wildman–Crippen MR) is 130 cm³/mol. The monoisotopic (exact) mass is 451 g/mol. The Balaban J connectivity index is 1.56. The van der Waals surface area contributed by atoms with E-state index in [-0.39, 0.29) is 17.2 Å². The van der Waals surface area contributed by atoms with Crippen molar-refractivity contribution in [2.24, 2.45) is 0 Å². The van der Waals surface area contributed by atoms with Crippen molar-refractivity contribution in [3.63, 3.8) is 0 Å². The number of carbonyl (C=O) groups is 1. The topological polar surface area (TPSA) is 64.0 Å². The van der Waals surface area contributed by atoms with Crippen molar-refractivity contribution in [3.05, 3.63) is 70.0 Å². The molecule has 1 N–H and O–H groups in total. The molecular weight excluding hydrogens is 426 g/mol. The molecule has 31 heavy (non-hydrogen) atoms. The largest absolute Gasteiger partial charge is 0.351 e. The maximum atomic E-state index is 13.2. The van der Waals surface area contributed by atoms with Gasteiger partial charge in [0.15, 0.2) is 5.16 Å². The SMILES string of the molecule is CCCCn1c(SCC(=O)NCc2ccc(C)cc2)nc2c(sc3ccccc32)c1=O. The molecule has 4 aromatic rings. The van der Waals surface area contributed by atoms with E-state index >= 15 is 0 Å². The first-order chi connectivity index (χ1) is 15.1. The van der Waals surface area contributed by atoms with Crippen molar-refractivity contribution < 1.29 is 4.79 Å². The lowest BCUT2D eigenvalue weighted by molar-refractivity contribution is -0.118. The van der Waals surface area contributed by atoms with Crippen LogP contribution < -0.4 is 10.9 Å². The number of thiophene rings is 1. The first-order valence-electron chi connectivity index (χ1n) is 10.4. The zero-order valence-electron chi connectivity index (χ0n) is 17.7. The van der Waals surface area contributed by atoms with Gasteiger partial charge in [0.05, 0.1) is 11.3 Å². The van der Waals surface area contributed by atoms with E-state index in [1.54, 1.807) is 4.57 Å². The standard InChI is InChI=1S/C24H25N3O2S2/c1-3-4-13-27-23(29)22-21(18-7-5-6-8-19(18)31-22)26-24(27)30-15-20(28)25-14-17-11-9-16(2)10-12-17/h5-12H,3-4,13-15H2,1-2H3,(H,25,28). The Morgan fingerprint density at radius 2 is 1.94 bits per heavy atom. The number of carbonyl (C=O) groups excluding carboxylic acids is 1. The minimum atomic E-state index is -0.0721. The highest BCUT2D eigenvalue weighted by Gasteiger charge is 2.17. The summed E-state index contributed by atoms with van der Waals surface area (Å²) >= 11 is 2.82. The van der Waals surface area contributed by atoms with Crippen LogP contribution in [0.3, 0.4) is 0 Å². The second-order valence-electron chi connectivity index (χ2n) is 7.53. The van der Waals surface area contributed by atoms with Gasteiger partial charge in [0.1, 0.15) is 4.70 Å². The van der Waals surface area contributed by atoms with E-state index in [1.807, 2.05) is 55.5 Å². The summed E-state index contributed by atoms with van der Waals surface area (Å²) in [5.41, 5.74) is 2.98. The second kappa shape index (κ2) is 9.66. The maximum absolute atomic E-state index is 13.2. The highest BCUT2D eigenvalue weighted by atomic mass is 32.2. The molecular formula is C24H25N3O2S2. The van der Waals surface area contributed by atoms with Gasteiger partial charge in [-0.2, -0.15) is 0 Å². The van der Waals surface area contributed by atoms with E-state index in [0.717, 1.165) is 34.0 Å². The maximum Gasteiger partial charge on any atom is 0.272 e. The lowest BCUT2D eigenvalue weighted by atomic mass is 10.1. The van der Waals surface area contributed by atoms with Gasteiger partial charge >= 0.3 is 0 Å². The first-order valence-corrected chi connectivity index (χ1v) is 12.2. The summed E-state index contributed by atoms with van der Waals surface area (Å²) < 4.78 is 3.48. The molecule has 0 saturated carbocycles. The lowest BCUT2D eigenvalue weighted by Crippen LogP contribution is -2.26. The summed E-state index contributed by atoms with van der Waals surface area (Å²) in [6, 6.07) is 16.1. The van der Waals surface area contributed by atoms with Crippen LogP contribution in [-0.2, 0) is 17.9 Å². The highest BCUT2D eigenvalue weighted by molar-refractivity contribution is 7.99. The molecule has 0 atom stereocenters. The van der Waals surface area contributed by atoms with Crippen molar-refractivity contribution in [2.75, 3.05) is 5.75 Å². The number of amides is 1. The molecule has 7 heteroatoms. The molecule has 2 heterocycles. The number of fused-ring (bicyclic) bond motifs is 3. The van der Waals surface area contributed by atoms with E-state index in [1.165, 1.54) is 28.7 Å². The number of aryl methyl sites for hydroxylation is 1. The van der Waals surface area contributed by atoms with Gasteiger partial charge in [-0.15, -0.1) is 11.3 Å². The van der Waals surface area contributed by atoms with Crippen LogP contribution in [-0.4, -0.2) is 21.2 Å². The Morgan fingerprint density at radius 1 is 1.16 bits per heavy atom. The Kier molecular flexibility index (Phi) is 6.73. The smallest absolute Gasteiger partial charge is 0.272 e. The highest BCUT2D eigenvalue weighted by Crippen LogP contribution is 2.31. The third-order valence-corrected chi connectivity index (χ3v) is 7.25. The fraction of sp³-hybridized carbons (Fsp3) is 0.292. The van der Waals surface area contributed by atoms with Gasteiger partial charge in [-0.25, -0.2) is 4.98 Å². The van der Waals surface area contributed by atoms with Crippen LogP contribution in [0.5, 0.6) is 0 Å². The fourth-order valence-corrected chi connectivity index (χ4v) is 5.30. The Hall–Kier alpha value is -2.64. The number of unbranched alkanes of at least 4 members (excludes halogenated alkanes) is 1. The Bertz CT molecular complexity index is 1280. The molecule has 0 unspecified atom stereocenters. The average Bonchev–Trinajstić information content (AvgIpc) is 3.16. The summed E-state index contributed by atoms with van der Waals surface area (Å²) in [6.07, 6.45) is 1.88. The van der Waals surface area contributed by atoms with Crippen molar-refractivity contribution in [3.8, 4) is 0 Å². The van der Waals surface area contributed by atoms with Gasteiger partial charge in [0.25, 0.3) is 5.56 Å². The van der Waals surface area contributed by atoms with Crippen molar-refractivity contribution >= 4 is 49.3 Å². The van der Waals surface area contributed by atoms with E-state index in [0.29, 0.717) is 22.9 Å². The number of nitrogens with one attached hydrogen (secondary N) is 1. The first kappa shape index (κ1) is 21.6. The van der Waals surface area contributed by atoms with Gasteiger partial charge in [0, 0.05) is 23.2 Å². The third-order valence-electron chi connectivity index (χ3n) is 5.12. The number of aromatic nitrogens is 2. The van der Waals surface area contributed by atoms with Gasteiger partial charge in [-0.3, -0.25) is 14.2 Å². The summed E-state index contributed by atoms with van der Waals surface area (Å²) in [7, 11) is 0. The zero-order valence-corrected chi connectivity index (χ0v) is 19.3. The number of hydrogen-bond donors (Lipinski definition) is 1. The third kappa shape index (κ3) is 4.83. The van der Waals surface area contributed by atoms with Crippen LogP contribution in [0.25, 0.3) is 20.3 Å². The van der Waals surface area contributed by atoms with E-state index < -0.39 is 0 Å². The number of thioether (sulfide) groups is 1. The van der Waals surface area contributed by atoms with Gasteiger partial charge in [0.2, 0.25) is 5.91 Å². The summed E-state index contributed by atoms with van der Waals surface area (Å²) in [6.45, 7) is 5.24. The molecule has 0 bridgehead atoms. The summed E-state index contributed by atoms with van der Waals surface area (Å²) in [5.74, 6) is 0.148. The molecule has 1 amide bonds. The van der Waals surface area contributed by atoms with Crippen molar-refractivity contribution in [1.29, 1.82) is 0 Å². The number of hydrogen-bond acceptors (Lipinski definition) is 5. The molecule has 4 rings (SSSR count). The van der Waals surface area contributed by atoms with Crippen LogP contribution in [0, 0.1) is 6.92 Å². The van der Waals surface area contributed by atoms with Crippen molar-refractivity contribution in [1.82, 2.24) is 14.9 Å². The Morgan fingerprint density at radius 3 is 2.71 bits per heavy atom. The molecule has 0 fully saturated rings. The van der Waals surface area contributed by atoms with Crippen LogP contribution in [0.2, 0.25) is 0 Å². The number of rotatable bonds is 8. The quantitative estimate of drug-likeness (QED) is 0.298. The minimum Gasteiger partial charge on any atom is -0.351 e.